The molecule has 0 fully saturated rings. The van der Waals surface area contributed by atoms with Crippen LogP contribution in [0.3, 0.4) is 0 Å². The number of hydrogen-bond donors (Lipinski definition) is 0. The number of benzene rings is 3. The summed E-state index contributed by atoms with van der Waals surface area (Å²) in [4.78, 5) is 38.9. The van der Waals surface area contributed by atoms with Gasteiger partial charge in [-0.2, -0.15) is 9.78 Å². The number of esters is 1. The van der Waals surface area contributed by atoms with Crippen LogP contribution in [0.1, 0.15) is 44.7 Å². The van der Waals surface area contributed by atoms with E-state index < -0.39 is 22.8 Å². The first-order valence-corrected chi connectivity index (χ1v) is 14.1. The fourth-order valence-corrected chi connectivity index (χ4v) is 4.45. The van der Waals surface area contributed by atoms with Crippen molar-refractivity contribution in [2.45, 2.75) is 65.5 Å². The molecule has 4 aromatic rings. The van der Waals surface area contributed by atoms with E-state index in [-0.39, 0.29) is 25.6 Å². The average Bonchev–Trinajstić information content (AvgIpc) is 2.99. The summed E-state index contributed by atoms with van der Waals surface area (Å²) in [5, 5.41) is 4.37. The third-order valence-corrected chi connectivity index (χ3v) is 6.63. The van der Waals surface area contributed by atoms with Crippen molar-refractivity contribution in [1.82, 2.24) is 14.3 Å². The normalized spacial score (nSPS) is 11.3. The number of hydrogen-bond acceptors (Lipinski definition) is 7. The minimum Gasteiger partial charge on any atom is -0.476 e. The molecule has 0 aliphatic carbocycles. The molecule has 0 saturated carbocycles. The van der Waals surface area contributed by atoms with Crippen LogP contribution in [0.15, 0.2) is 94.5 Å². The van der Waals surface area contributed by atoms with Gasteiger partial charge in [0.05, 0.1) is 13.2 Å². The van der Waals surface area contributed by atoms with Crippen molar-refractivity contribution in [3.05, 3.63) is 117 Å². The number of aryl methyl sites for hydroxylation is 1. The van der Waals surface area contributed by atoms with Gasteiger partial charge < -0.3 is 14.2 Å². The number of rotatable bonds is 14. The van der Waals surface area contributed by atoms with Crippen molar-refractivity contribution in [3.8, 4) is 17.0 Å². The second kappa shape index (κ2) is 14.4. The third-order valence-electron chi connectivity index (χ3n) is 6.63. The van der Waals surface area contributed by atoms with Gasteiger partial charge in [-0.1, -0.05) is 72.8 Å². The Morgan fingerprint density at radius 3 is 2.29 bits per heavy atom. The molecule has 0 spiro atoms. The van der Waals surface area contributed by atoms with Gasteiger partial charge in [0.2, 0.25) is 0 Å². The number of carbonyl (C=O) groups is 1. The number of carbonyl (C=O) groups excluding carboxylic acids is 1. The maximum Gasteiger partial charge on any atom is 0.349 e. The summed E-state index contributed by atoms with van der Waals surface area (Å²) in [7, 11) is 0. The van der Waals surface area contributed by atoms with Gasteiger partial charge in [-0.15, -0.1) is 0 Å². The lowest BCUT2D eigenvalue weighted by Gasteiger charge is -2.24. The lowest BCUT2D eigenvalue weighted by Crippen LogP contribution is -2.42. The second-order valence-electron chi connectivity index (χ2n) is 10.4. The van der Waals surface area contributed by atoms with Gasteiger partial charge >= 0.3 is 11.7 Å². The summed E-state index contributed by atoms with van der Waals surface area (Å²) >= 11 is 0. The summed E-state index contributed by atoms with van der Waals surface area (Å²) in [6, 6.07) is 26.3. The second-order valence-corrected chi connectivity index (χ2v) is 10.4. The molecular formula is C33H37N3O6. The summed E-state index contributed by atoms with van der Waals surface area (Å²) in [5.74, 6) is 0.144. The van der Waals surface area contributed by atoms with Crippen molar-refractivity contribution in [3.63, 3.8) is 0 Å². The predicted molar refractivity (Wildman–Crippen MR) is 160 cm³/mol. The zero-order valence-electron chi connectivity index (χ0n) is 24.3. The minimum absolute atomic E-state index is 0.0806. The molecule has 4 rings (SSSR count). The molecule has 0 N–H and O–H groups in total. The van der Waals surface area contributed by atoms with Crippen molar-refractivity contribution in [1.29, 1.82) is 0 Å². The zero-order chi connectivity index (χ0) is 30.0. The highest BCUT2D eigenvalue weighted by Gasteiger charge is 2.31. The molecule has 9 nitrogen and oxygen atoms in total. The van der Waals surface area contributed by atoms with E-state index in [4.69, 9.17) is 14.2 Å². The maximum atomic E-state index is 13.4. The van der Waals surface area contributed by atoms with Gasteiger partial charge in [0, 0.05) is 12.1 Å². The first-order valence-electron chi connectivity index (χ1n) is 14.1. The van der Waals surface area contributed by atoms with Gasteiger partial charge in [0.1, 0.15) is 12.5 Å². The lowest BCUT2D eigenvalue weighted by atomic mass is 10.1. The third kappa shape index (κ3) is 8.04. The highest BCUT2D eigenvalue weighted by atomic mass is 16.6. The topological polar surface area (TPSA) is 102 Å². The molecule has 0 aliphatic heterocycles. The Labute approximate surface area is 245 Å². The Kier molecular flexibility index (Phi) is 10.4. The molecule has 1 heterocycles. The van der Waals surface area contributed by atoms with E-state index in [0.717, 1.165) is 17.5 Å². The van der Waals surface area contributed by atoms with Crippen molar-refractivity contribution < 1.29 is 19.0 Å². The van der Waals surface area contributed by atoms with E-state index in [0.29, 0.717) is 30.8 Å². The fraction of sp³-hybridized carbons (Fsp3) is 0.333. The van der Waals surface area contributed by atoms with Crippen LogP contribution >= 0.6 is 0 Å². The number of nitrogens with zero attached hydrogens (tertiary/aromatic N) is 3. The fourth-order valence-electron chi connectivity index (χ4n) is 4.45. The molecule has 220 valence electrons. The molecule has 0 unspecified atom stereocenters. The SMILES string of the molecule is CCOC(=O)C(C)(C)Oc1cccc(CCCCn2c(=O)c(-c3ccccc3)nn(COCc3ccccc3)c2=O)c1. The molecule has 1 aromatic heterocycles. The summed E-state index contributed by atoms with van der Waals surface area (Å²) in [6.45, 7) is 5.86. The van der Waals surface area contributed by atoms with E-state index in [1.54, 1.807) is 39.0 Å². The zero-order valence-corrected chi connectivity index (χ0v) is 24.3. The van der Waals surface area contributed by atoms with Crippen LogP contribution in [0.2, 0.25) is 0 Å². The van der Waals surface area contributed by atoms with Crippen LogP contribution in [0.25, 0.3) is 11.3 Å². The van der Waals surface area contributed by atoms with Crippen LogP contribution < -0.4 is 16.0 Å². The number of ether oxygens (including phenoxy) is 3. The molecule has 3 aromatic carbocycles. The van der Waals surface area contributed by atoms with Crippen LogP contribution in [0, 0.1) is 0 Å². The number of unbranched alkanes of at least 4 members (excludes halogenated alkanes) is 1. The van der Waals surface area contributed by atoms with Crippen LogP contribution in [-0.2, 0) is 40.6 Å². The van der Waals surface area contributed by atoms with Crippen LogP contribution in [0.5, 0.6) is 5.75 Å². The predicted octanol–water partition coefficient (Wildman–Crippen LogP) is 4.99. The minimum atomic E-state index is -1.11. The van der Waals surface area contributed by atoms with E-state index in [9.17, 15) is 14.4 Å². The molecule has 0 amide bonds. The standard InChI is InChI=1S/C33H37N3O6/c1-4-41-31(38)33(2,3)42-28-20-13-17-25(22-28)14-11-12-21-35-30(37)29(27-18-9-6-10-19-27)34-36(32(35)39)24-40-23-26-15-7-5-8-16-26/h5-10,13,15-20,22H,4,11-12,14,21,23-24H2,1-3H3. The van der Waals surface area contributed by atoms with Crippen molar-refractivity contribution in [2.75, 3.05) is 6.61 Å². The molecule has 0 atom stereocenters. The molecule has 0 aliphatic rings. The van der Waals surface area contributed by atoms with Gasteiger partial charge in [-0.3, -0.25) is 9.36 Å². The van der Waals surface area contributed by atoms with Crippen molar-refractivity contribution >= 4 is 5.97 Å². The van der Waals surface area contributed by atoms with Gasteiger partial charge in [0.15, 0.2) is 11.3 Å². The molecule has 0 saturated heterocycles. The van der Waals surface area contributed by atoms with Gasteiger partial charge in [-0.25, -0.2) is 9.59 Å². The van der Waals surface area contributed by atoms with E-state index in [1.165, 1.54) is 9.25 Å². The van der Waals surface area contributed by atoms with Crippen LogP contribution in [0.4, 0.5) is 0 Å². The van der Waals surface area contributed by atoms with E-state index in [1.807, 2.05) is 66.7 Å². The van der Waals surface area contributed by atoms with Gasteiger partial charge in [0.25, 0.3) is 5.56 Å². The molecule has 0 radical (unpaired) electrons. The molecule has 0 bridgehead atoms. The molecular weight excluding hydrogens is 534 g/mol. The first-order chi connectivity index (χ1) is 20.3. The van der Waals surface area contributed by atoms with Crippen molar-refractivity contribution in [2.24, 2.45) is 0 Å². The van der Waals surface area contributed by atoms with E-state index in [2.05, 4.69) is 5.10 Å². The maximum absolute atomic E-state index is 13.4. The average molecular weight is 572 g/mol. The summed E-state index contributed by atoms with van der Waals surface area (Å²) in [5.41, 5.74) is 0.778. The Hall–Kier alpha value is -4.50. The Morgan fingerprint density at radius 2 is 1.57 bits per heavy atom. The van der Waals surface area contributed by atoms with Gasteiger partial charge in [-0.05, 0) is 63.3 Å². The first kappa shape index (κ1) is 30.5. The van der Waals surface area contributed by atoms with Crippen LogP contribution in [-0.4, -0.2) is 32.5 Å². The largest absolute Gasteiger partial charge is 0.476 e. The Balaban J connectivity index is 1.45. The highest BCUT2D eigenvalue weighted by molar-refractivity contribution is 5.79. The monoisotopic (exact) mass is 571 g/mol. The summed E-state index contributed by atoms with van der Waals surface area (Å²) < 4.78 is 19.2. The Morgan fingerprint density at radius 1 is 0.881 bits per heavy atom. The van der Waals surface area contributed by atoms with E-state index >= 15 is 0 Å². The number of aromatic nitrogens is 3. The lowest BCUT2D eigenvalue weighted by molar-refractivity contribution is -0.158. The molecule has 42 heavy (non-hydrogen) atoms. The summed E-state index contributed by atoms with van der Waals surface area (Å²) in [6.07, 6.45) is 2.03. The molecule has 9 heteroatoms. The Bertz CT molecular complexity index is 1580. The quantitative estimate of drug-likeness (QED) is 0.155. The highest BCUT2D eigenvalue weighted by Crippen LogP contribution is 2.22. The smallest absolute Gasteiger partial charge is 0.349 e.